The van der Waals surface area contributed by atoms with Crippen molar-refractivity contribution in [3.8, 4) is 5.75 Å². The molecule has 2 aliphatic heterocycles. The van der Waals surface area contributed by atoms with Crippen LogP contribution < -0.4 is 9.64 Å². The maximum absolute atomic E-state index is 13.1. The number of aromatic nitrogens is 1. The number of amides is 1. The predicted octanol–water partition coefficient (Wildman–Crippen LogP) is 1.60. The van der Waals surface area contributed by atoms with E-state index < -0.39 is 6.10 Å². The van der Waals surface area contributed by atoms with Crippen LogP contribution in [0.4, 0.5) is 5.69 Å². The number of morpholine rings is 1. The molecule has 3 heterocycles. The molecule has 7 nitrogen and oxygen atoms in total. The average Bonchev–Trinajstić information content (AvgIpc) is 3.14. The van der Waals surface area contributed by atoms with Crippen LogP contribution in [0, 0.1) is 5.92 Å². The molecule has 2 aliphatic rings. The summed E-state index contributed by atoms with van der Waals surface area (Å²) in [7, 11) is 1.64. The van der Waals surface area contributed by atoms with Crippen molar-refractivity contribution < 1.29 is 19.4 Å². The molecule has 7 heteroatoms. The number of methoxy groups -OCH3 is 1. The van der Waals surface area contributed by atoms with Gasteiger partial charge in [-0.1, -0.05) is 0 Å². The largest absolute Gasteiger partial charge is 0.495 e. The highest BCUT2D eigenvalue weighted by Crippen LogP contribution is 2.31. The Balaban J connectivity index is 1.49. The lowest BCUT2D eigenvalue weighted by Crippen LogP contribution is -2.36. The van der Waals surface area contributed by atoms with Gasteiger partial charge in [0.15, 0.2) is 0 Å². The summed E-state index contributed by atoms with van der Waals surface area (Å²) in [4.78, 5) is 21.1. The molecule has 0 bridgehead atoms. The summed E-state index contributed by atoms with van der Waals surface area (Å²) in [6.07, 6.45) is 3.72. The second-order valence-electron chi connectivity index (χ2n) is 7.58. The minimum Gasteiger partial charge on any atom is -0.495 e. The number of hydrogen-bond donors (Lipinski definition) is 1. The van der Waals surface area contributed by atoms with Crippen molar-refractivity contribution in [2.45, 2.75) is 12.5 Å². The molecule has 1 N–H and O–H groups in total. The number of carbonyl (C=O) groups excluding carboxylic acids is 1. The van der Waals surface area contributed by atoms with E-state index in [1.165, 1.54) is 0 Å². The van der Waals surface area contributed by atoms with Gasteiger partial charge >= 0.3 is 0 Å². The van der Waals surface area contributed by atoms with E-state index in [1.807, 2.05) is 24.3 Å². The summed E-state index contributed by atoms with van der Waals surface area (Å²) >= 11 is 0. The molecule has 0 saturated carbocycles. The zero-order valence-corrected chi connectivity index (χ0v) is 16.7. The number of carbonyl (C=O) groups is 1. The van der Waals surface area contributed by atoms with E-state index in [0.717, 1.165) is 36.5 Å². The van der Waals surface area contributed by atoms with Crippen molar-refractivity contribution in [1.29, 1.82) is 0 Å². The Bertz CT molecular complexity index is 839. The lowest BCUT2D eigenvalue weighted by Gasteiger charge is -2.30. The maximum atomic E-state index is 13.1. The van der Waals surface area contributed by atoms with Crippen LogP contribution in [0.1, 0.15) is 15.9 Å². The lowest BCUT2D eigenvalue weighted by atomic mass is 9.97. The maximum Gasteiger partial charge on any atom is 0.254 e. The zero-order chi connectivity index (χ0) is 20.2. The number of aliphatic hydroxyl groups excluding tert-OH is 1. The van der Waals surface area contributed by atoms with Gasteiger partial charge < -0.3 is 24.4 Å². The van der Waals surface area contributed by atoms with Gasteiger partial charge in [0, 0.05) is 50.1 Å². The third-order valence-corrected chi connectivity index (χ3v) is 5.72. The fourth-order valence-electron chi connectivity index (χ4n) is 4.10. The minimum atomic E-state index is -0.524. The number of aliphatic hydroxyl groups is 1. The summed E-state index contributed by atoms with van der Waals surface area (Å²) in [5.74, 6) is 0.720. The van der Waals surface area contributed by atoms with Gasteiger partial charge in [0.1, 0.15) is 5.75 Å². The average molecular weight is 397 g/mol. The van der Waals surface area contributed by atoms with E-state index in [2.05, 4.69) is 9.88 Å². The van der Waals surface area contributed by atoms with Crippen molar-refractivity contribution in [2.24, 2.45) is 5.92 Å². The van der Waals surface area contributed by atoms with Crippen LogP contribution in [0.25, 0.3) is 0 Å². The van der Waals surface area contributed by atoms with Crippen molar-refractivity contribution in [3.05, 3.63) is 53.9 Å². The van der Waals surface area contributed by atoms with Gasteiger partial charge in [-0.05, 0) is 42.3 Å². The van der Waals surface area contributed by atoms with E-state index in [1.54, 1.807) is 30.5 Å². The van der Waals surface area contributed by atoms with Crippen LogP contribution in [-0.4, -0.2) is 73.5 Å². The molecule has 0 radical (unpaired) electrons. The highest BCUT2D eigenvalue weighted by molar-refractivity contribution is 5.96. The first-order chi connectivity index (χ1) is 14.2. The topological polar surface area (TPSA) is 75.1 Å². The van der Waals surface area contributed by atoms with Crippen LogP contribution in [0.2, 0.25) is 0 Å². The standard InChI is InChI=1S/C22H27N3O4/c1-28-21-3-2-17(13-19(21)24-8-10-29-11-9-24)22(27)25-14-18(20(26)15-25)12-16-4-6-23-7-5-16/h2-7,13,18,20,26H,8-12,14-15H2,1H3/t18-,20-/m1/s1. The smallest absolute Gasteiger partial charge is 0.254 e. The van der Waals surface area contributed by atoms with Crippen molar-refractivity contribution in [1.82, 2.24) is 9.88 Å². The Kier molecular flexibility index (Phi) is 5.97. The Morgan fingerprint density at radius 2 is 1.97 bits per heavy atom. The zero-order valence-electron chi connectivity index (χ0n) is 16.7. The number of rotatable bonds is 5. The van der Waals surface area contributed by atoms with Gasteiger partial charge in [0.2, 0.25) is 0 Å². The molecule has 0 aliphatic carbocycles. The normalized spacial score (nSPS) is 22.0. The monoisotopic (exact) mass is 397 g/mol. The van der Waals surface area contributed by atoms with Gasteiger partial charge in [0.05, 0.1) is 32.1 Å². The van der Waals surface area contributed by atoms with Gasteiger partial charge in [-0.15, -0.1) is 0 Å². The van der Waals surface area contributed by atoms with Crippen LogP contribution in [-0.2, 0) is 11.2 Å². The number of likely N-dealkylation sites (tertiary alicyclic amines) is 1. The Morgan fingerprint density at radius 1 is 1.21 bits per heavy atom. The number of anilines is 1. The molecule has 1 aromatic heterocycles. The van der Waals surface area contributed by atoms with Gasteiger partial charge in [-0.3, -0.25) is 9.78 Å². The second-order valence-corrected chi connectivity index (χ2v) is 7.58. The van der Waals surface area contributed by atoms with Gasteiger partial charge in [-0.25, -0.2) is 0 Å². The second kappa shape index (κ2) is 8.80. The third kappa shape index (κ3) is 4.36. The number of benzene rings is 1. The molecule has 2 saturated heterocycles. The number of pyridine rings is 1. The van der Waals surface area contributed by atoms with E-state index in [4.69, 9.17) is 9.47 Å². The van der Waals surface area contributed by atoms with Crippen molar-refractivity contribution >= 4 is 11.6 Å². The summed E-state index contributed by atoms with van der Waals surface area (Å²) in [5.41, 5.74) is 2.65. The van der Waals surface area contributed by atoms with Crippen LogP contribution in [0.15, 0.2) is 42.7 Å². The fourth-order valence-corrected chi connectivity index (χ4v) is 4.10. The van der Waals surface area contributed by atoms with Crippen LogP contribution in [0.5, 0.6) is 5.75 Å². The molecule has 4 rings (SSSR count). The molecular formula is C22H27N3O4. The van der Waals surface area contributed by atoms with E-state index in [9.17, 15) is 9.90 Å². The van der Waals surface area contributed by atoms with E-state index in [-0.39, 0.29) is 11.8 Å². The van der Waals surface area contributed by atoms with E-state index in [0.29, 0.717) is 31.9 Å². The highest BCUT2D eigenvalue weighted by atomic mass is 16.5. The number of ether oxygens (including phenoxy) is 2. The molecular weight excluding hydrogens is 370 g/mol. The van der Waals surface area contributed by atoms with Crippen LogP contribution >= 0.6 is 0 Å². The molecule has 0 unspecified atom stereocenters. The highest BCUT2D eigenvalue weighted by Gasteiger charge is 2.34. The summed E-state index contributed by atoms with van der Waals surface area (Å²) in [5, 5.41) is 10.5. The SMILES string of the molecule is COc1ccc(C(=O)N2C[C@@H](Cc3ccncc3)[C@H](O)C2)cc1N1CCOCC1. The first-order valence-corrected chi connectivity index (χ1v) is 10.0. The van der Waals surface area contributed by atoms with Crippen molar-refractivity contribution in [2.75, 3.05) is 51.4 Å². The Morgan fingerprint density at radius 3 is 2.69 bits per heavy atom. The number of hydrogen-bond acceptors (Lipinski definition) is 6. The molecule has 154 valence electrons. The molecule has 29 heavy (non-hydrogen) atoms. The van der Waals surface area contributed by atoms with Gasteiger partial charge in [0.25, 0.3) is 5.91 Å². The van der Waals surface area contributed by atoms with Crippen molar-refractivity contribution in [3.63, 3.8) is 0 Å². The first kappa shape index (κ1) is 19.7. The Hall–Kier alpha value is -2.64. The molecule has 2 fully saturated rings. The first-order valence-electron chi connectivity index (χ1n) is 10.0. The molecule has 2 aromatic rings. The summed E-state index contributed by atoms with van der Waals surface area (Å²) in [6.45, 7) is 3.76. The van der Waals surface area contributed by atoms with E-state index >= 15 is 0 Å². The summed E-state index contributed by atoms with van der Waals surface area (Å²) in [6, 6.07) is 9.45. The predicted molar refractivity (Wildman–Crippen MR) is 109 cm³/mol. The number of nitrogens with zero attached hydrogens (tertiary/aromatic N) is 3. The summed E-state index contributed by atoms with van der Waals surface area (Å²) < 4.78 is 10.9. The lowest BCUT2D eigenvalue weighted by molar-refractivity contribution is 0.0764. The quantitative estimate of drug-likeness (QED) is 0.826. The fraction of sp³-hybridized carbons (Fsp3) is 0.455. The minimum absolute atomic E-state index is 0.0262. The van der Waals surface area contributed by atoms with Gasteiger partial charge in [-0.2, -0.15) is 0 Å². The molecule has 1 amide bonds. The molecule has 0 spiro atoms. The third-order valence-electron chi connectivity index (χ3n) is 5.72. The Labute approximate surface area is 170 Å². The molecule has 1 aromatic carbocycles. The molecule has 2 atom stereocenters. The number of β-amino-alcohol motifs (C(OH)–C–C–N with tert-alkyl or cyclic N) is 1. The van der Waals surface area contributed by atoms with Crippen LogP contribution in [0.3, 0.4) is 0 Å².